The summed E-state index contributed by atoms with van der Waals surface area (Å²) in [6, 6.07) is 16.9. The van der Waals surface area contributed by atoms with Gasteiger partial charge in [0.25, 0.3) is 0 Å². The quantitative estimate of drug-likeness (QED) is 0.438. The van der Waals surface area contributed by atoms with Gasteiger partial charge in [0.15, 0.2) is 0 Å². The van der Waals surface area contributed by atoms with Gasteiger partial charge >= 0.3 is 0 Å². The Morgan fingerprint density at radius 2 is 1.78 bits per heavy atom. The lowest BCUT2D eigenvalue weighted by atomic mass is 10.0. The van der Waals surface area contributed by atoms with E-state index in [9.17, 15) is 8.42 Å². The van der Waals surface area contributed by atoms with Gasteiger partial charge in [0, 0.05) is 22.0 Å². The Hall–Kier alpha value is -2.67. The van der Waals surface area contributed by atoms with Crippen LogP contribution in [0.5, 0.6) is 0 Å². The van der Waals surface area contributed by atoms with E-state index in [-0.39, 0.29) is 6.04 Å². The van der Waals surface area contributed by atoms with Crippen LogP contribution in [0.15, 0.2) is 60.0 Å². The molecule has 0 saturated carbocycles. The van der Waals surface area contributed by atoms with Crippen molar-refractivity contribution in [2.45, 2.75) is 38.6 Å². The molecule has 0 radical (unpaired) electrons. The summed E-state index contributed by atoms with van der Waals surface area (Å²) in [5.74, 6) is 0. The zero-order valence-corrected chi connectivity index (χ0v) is 19.5. The van der Waals surface area contributed by atoms with Gasteiger partial charge in [0.1, 0.15) is 0 Å². The van der Waals surface area contributed by atoms with Crippen molar-refractivity contribution in [1.82, 2.24) is 14.9 Å². The third kappa shape index (κ3) is 5.57. The van der Waals surface area contributed by atoms with Gasteiger partial charge in [-0.3, -0.25) is 5.10 Å². The number of nitrogens with one attached hydrogen (secondary N) is 2. The van der Waals surface area contributed by atoms with Crippen molar-refractivity contribution < 1.29 is 8.42 Å². The van der Waals surface area contributed by atoms with Crippen molar-refractivity contribution in [3.63, 3.8) is 0 Å². The van der Waals surface area contributed by atoms with Crippen molar-refractivity contribution >= 4 is 39.3 Å². The predicted molar refractivity (Wildman–Crippen MR) is 131 cm³/mol. The molecule has 1 aliphatic carbocycles. The molecule has 0 amide bonds. The first-order chi connectivity index (χ1) is 15.4. The lowest BCUT2D eigenvalue weighted by Gasteiger charge is -2.12. The number of aromatic nitrogens is 2. The highest BCUT2D eigenvalue weighted by atomic mass is 35.5. The molecule has 1 aliphatic rings. The minimum Gasteiger partial charge on any atom is -0.278 e. The molecule has 7 heteroatoms. The molecule has 4 rings (SSSR count). The monoisotopic (exact) mass is 467 g/mol. The van der Waals surface area contributed by atoms with Gasteiger partial charge in [-0.15, -0.1) is 0 Å². The second kappa shape index (κ2) is 9.86. The summed E-state index contributed by atoms with van der Waals surface area (Å²) in [4.78, 5) is 0. The van der Waals surface area contributed by atoms with E-state index in [0.29, 0.717) is 5.02 Å². The summed E-state index contributed by atoms with van der Waals surface area (Å²) in [6.45, 7) is 1.83. The highest BCUT2D eigenvalue weighted by Gasteiger charge is 2.19. The summed E-state index contributed by atoms with van der Waals surface area (Å²) >= 11 is 6.00. The smallest absolute Gasteiger partial charge is 0.234 e. The van der Waals surface area contributed by atoms with Crippen LogP contribution in [0, 0.1) is 0 Å². The van der Waals surface area contributed by atoms with Crippen LogP contribution in [0.2, 0.25) is 5.02 Å². The molecule has 0 bridgehead atoms. The summed E-state index contributed by atoms with van der Waals surface area (Å²) in [6.07, 6.45) is 7.62. The number of sulfonamides is 1. The van der Waals surface area contributed by atoms with Crippen LogP contribution in [0.25, 0.3) is 17.7 Å². The molecule has 2 N–H and O–H groups in total. The molecule has 2 aromatic carbocycles. The van der Waals surface area contributed by atoms with Gasteiger partial charge in [-0.05, 0) is 73.6 Å². The molecule has 5 nitrogen and oxygen atoms in total. The summed E-state index contributed by atoms with van der Waals surface area (Å²) in [5.41, 5.74) is 5.84. The molecular weight excluding hydrogens is 442 g/mol. The second-order valence-corrected chi connectivity index (χ2v) is 10.0. The van der Waals surface area contributed by atoms with E-state index in [1.54, 1.807) is 6.08 Å². The molecule has 1 aromatic heterocycles. The number of rotatable bonds is 6. The maximum atomic E-state index is 12.6. The Morgan fingerprint density at radius 1 is 1.06 bits per heavy atom. The van der Waals surface area contributed by atoms with Crippen molar-refractivity contribution in [1.29, 1.82) is 0 Å². The van der Waals surface area contributed by atoms with Crippen molar-refractivity contribution in [3.05, 3.63) is 93.1 Å². The van der Waals surface area contributed by atoms with E-state index >= 15 is 0 Å². The minimum absolute atomic E-state index is 0.321. The van der Waals surface area contributed by atoms with Gasteiger partial charge in [-0.1, -0.05) is 54.1 Å². The van der Waals surface area contributed by atoms with E-state index in [1.807, 2.05) is 61.5 Å². The highest BCUT2D eigenvalue weighted by molar-refractivity contribution is 7.92. The van der Waals surface area contributed by atoms with E-state index in [1.165, 1.54) is 5.41 Å². The Balaban J connectivity index is 1.56. The number of H-pyrrole nitrogens is 1. The zero-order chi connectivity index (χ0) is 22.6. The van der Waals surface area contributed by atoms with Crippen molar-refractivity contribution in [2.24, 2.45) is 0 Å². The first kappa shape index (κ1) is 22.5. The van der Waals surface area contributed by atoms with E-state index < -0.39 is 10.0 Å². The zero-order valence-electron chi connectivity index (χ0n) is 17.9. The molecule has 0 aliphatic heterocycles. The van der Waals surface area contributed by atoms with Gasteiger partial charge in [-0.2, -0.15) is 5.10 Å². The van der Waals surface area contributed by atoms with Crippen LogP contribution in [0.4, 0.5) is 0 Å². The molecule has 0 saturated heterocycles. The highest BCUT2D eigenvalue weighted by Crippen LogP contribution is 2.32. The average molecular weight is 468 g/mol. The third-order valence-electron chi connectivity index (χ3n) is 5.59. The Kier molecular flexibility index (Phi) is 6.94. The van der Waals surface area contributed by atoms with Gasteiger partial charge < -0.3 is 0 Å². The first-order valence-corrected chi connectivity index (χ1v) is 12.6. The number of hydrogen-bond donors (Lipinski definition) is 2. The van der Waals surface area contributed by atoms with Crippen LogP contribution in [-0.4, -0.2) is 18.6 Å². The van der Waals surface area contributed by atoms with Gasteiger partial charge in [0.05, 0.1) is 11.4 Å². The number of benzene rings is 2. The lowest BCUT2D eigenvalue weighted by Crippen LogP contribution is -2.24. The predicted octanol–water partition coefficient (Wildman–Crippen LogP) is 5.98. The van der Waals surface area contributed by atoms with Gasteiger partial charge in [0.2, 0.25) is 10.0 Å². The van der Waals surface area contributed by atoms with E-state index in [0.717, 1.165) is 59.3 Å². The molecule has 166 valence electrons. The third-order valence-corrected chi connectivity index (χ3v) is 7.02. The van der Waals surface area contributed by atoms with E-state index in [2.05, 4.69) is 21.0 Å². The number of allylic oxidation sites excluding steroid dienone is 1. The molecule has 0 fully saturated rings. The van der Waals surface area contributed by atoms with Crippen molar-refractivity contribution in [2.75, 3.05) is 0 Å². The first-order valence-electron chi connectivity index (χ1n) is 10.7. The second-order valence-electron chi connectivity index (χ2n) is 7.99. The normalized spacial score (nSPS) is 16.8. The van der Waals surface area contributed by atoms with Crippen LogP contribution < -0.4 is 4.72 Å². The number of fused-ring (bicyclic) bond motifs is 1. The van der Waals surface area contributed by atoms with Crippen LogP contribution >= 0.6 is 11.6 Å². The lowest BCUT2D eigenvalue weighted by molar-refractivity contribution is 0.576. The van der Waals surface area contributed by atoms with Gasteiger partial charge in [-0.25, -0.2) is 13.1 Å². The number of hydrogen-bond acceptors (Lipinski definition) is 3. The number of nitrogens with zero attached hydrogens (tertiary/aromatic N) is 1. The molecule has 1 heterocycles. The number of aromatic amines is 1. The van der Waals surface area contributed by atoms with E-state index in [4.69, 9.17) is 11.6 Å². The summed E-state index contributed by atoms with van der Waals surface area (Å²) < 4.78 is 28.0. The fourth-order valence-electron chi connectivity index (χ4n) is 3.92. The number of halogens is 1. The fourth-order valence-corrected chi connectivity index (χ4v) is 5.07. The Labute approximate surface area is 194 Å². The Bertz CT molecular complexity index is 1230. The van der Waals surface area contributed by atoms with Crippen LogP contribution in [0.3, 0.4) is 0 Å². The van der Waals surface area contributed by atoms with Crippen LogP contribution in [0.1, 0.15) is 60.3 Å². The minimum atomic E-state index is -3.61. The van der Waals surface area contributed by atoms with Crippen molar-refractivity contribution in [3.8, 4) is 0 Å². The van der Waals surface area contributed by atoms with Crippen LogP contribution in [-0.2, 0) is 16.4 Å². The summed E-state index contributed by atoms with van der Waals surface area (Å²) in [5, 5.41) is 9.49. The molecule has 3 aromatic rings. The molecular formula is C25H26ClN3O2S. The topological polar surface area (TPSA) is 74.8 Å². The molecule has 1 atom stereocenters. The largest absolute Gasteiger partial charge is 0.278 e. The standard InChI is InChI=1S/C25H26ClN3O2S/c1-18(20-7-3-2-4-8-20)29-32(30,31)16-15-24-23-10-6-5-9-21(25(23)28-27-24)17-19-11-13-22(26)14-12-19/h2-4,7-8,11-18,29H,5-6,9-10H2,1H3,(H,27,28)/t18-/m1/s1. The average Bonchev–Trinajstić information content (AvgIpc) is 3.08. The SMILES string of the molecule is C[C@@H](NS(=O)(=O)C=Cc1[nH]nc2c1CCCCC2=Cc1ccc(Cl)cc1)c1ccccc1. The summed E-state index contributed by atoms with van der Waals surface area (Å²) in [7, 11) is -3.61. The molecule has 0 unspecified atom stereocenters. The molecule has 32 heavy (non-hydrogen) atoms. The fraction of sp³-hybridized carbons (Fsp3) is 0.240. The molecule has 0 spiro atoms. The Morgan fingerprint density at radius 3 is 2.53 bits per heavy atom. The maximum absolute atomic E-state index is 12.6. The maximum Gasteiger partial charge on any atom is 0.234 e.